The van der Waals surface area contributed by atoms with Gasteiger partial charge in [0.15, 0.2) is 0 Å². The van der Waals surface area contributed by atoms with Crippen LogP contribution in [-0.4, -0.2) is 41.8 Å². The number of carbonyl (C=O) groups excluding carboxylic acids is 2. The highest BCUT2D eigenvalue weighted by atomic mass is 16.2. The number of hydrogen-bond donors (Lipinski definition) is 1. The minimum Gasteiger partial charge on any atom is -0.337 e. The number of para-hydroxylation sites is 1. The van der Waals surface area contributed by atoms with Crippen LogP contribution < -0.4 is 10.5 Å². The van der Waals surface area contributed by atoms with E-state index >= 15 is 0 Å². The van der Waals surface area contributed by atoms with Crippen LogP contribution in [0.5, 0.6) is 0 Å². The van der Waals surface area contributed by atoms with E-state index in [9.17, 15) is 14.4 Å². The molecule has 1 N–H and O–H groups in total. The van der Waals surface area contributed by atoms with E-state index in [1.807, 2.05) is 24.3 Å². The summed E-state index contributed by atoms with van der Waals surface area (Å²) in [6, 6.07) is 10.7. The number of carbonyl (C=O) groups is 2. The second-order valence-electron chi connectivity index (χ2n) is 6.74. The Bertz CT molecular complexity index is 900. The first-order valence-corrected chi connectivity index (χ1v) is 8.39. The molecule has 1 spiro atoms. The summed E-state index contributed by atoms with van der Waals surface area (Å²) in [4.78, 5) is 43.0. The Morgan fingerprint density at radius 3 is 2.72 bits per heavy atom. The van der Waals surface area contributed by atoms with Gasteiger partial charge in [-0.3, -0.25) is 14.4 Å². The van der Waals surface area contributed by atoms with Gasteiger partial charge in [0.2, 0.25) is 11.5 Å². The van der Waals surface area contributed by atoms with Crippen molar-refractivity contribution in [1.29, 1.82) is 0 Å². The third kappa shape index (κ3) is 2.28. The van der Waals surface area contributed by atoms with Gasteiger partial charge in [0.05, 0.1) is 11.0 Å². The maximum atomic E-state index is 13.0. The van der Waals surface area contributed by atoms with Crippen molar-refractivity contribution in [2.75, 3.05) is 25.0 Å². The molecule has 0 bridgehead atoms. The van der Waals surface area contributed by atoms with E-state index in [4.69, 9.17) is 0 Å². The predicted octanol–water partition coefficient (Wildman–Crippen LogP) is 1.53. The van der Waals surface area contributed by atoms with Crippen LogP contribution in [0.3, 0.4) is 0 Å². The van der Waals surface area contributed by atoms with Gasteiger partial charge in [0.25, 0.3) is 5.91 Å². The summed E-state index contributed by atoms with van der Waals surface area (Å²) < 4.78 is 0. The molecular weight excluding hydrogens is 318 g/mol. The number of hydrogen-bond acceptors (Lipinski definition) is 3. The summed E-state index contributed by atoms with van der Waals surface area (Å²) in [6.07, 6.45) is 2.94. The molecule has 2 amide bonds. The summed E-state index contributed by atoms with van der Waals surface area (Å²) in [5.41, 5.74) is 1.45. The van der Waals surface area contributed by atoms with Crippen LogP contribution in [-0.2, 0) is 10.2 Å². The monoisotopic (exact) mass is 337 g/mol. The number of fused-ring (bicyclic) bond motifs is 2. The zero-order valence-corrected chi connectivity index (χ0v) is 14.0. The van der Waals surface area contributed by atoms with Crippen LogP contribution in [0.4, 0.5) is 5.69 Å². The fourth-order valence-electron chi connectivity index (χ4n) is 4.07. The molecule has 4 rings (SSSR count). The molecule has 0 unspecified atom stereocenters. The second kappa shape index (κ2) is 5.58. The molecular formula is C19H19N3O3. The van der Waals surface area contributed by atoms with Crippen LogP contribution in [0, 0.1) is 0 Å². The van der Waals surface area contributed by atoms with E-state index in [1.54, 1.807) is 16.8 Å². The average Bonchev–Trinajstić information content (AvgIpc) is 2.85. The van der Waals surface area contributed by atoms with Crippen LogP contribution in [0.15, 0.2) is 47.4 Å². The molecule has 1 saturated heterocycles. The van der Waals surface area contributed by atoms with E-state index in [-0.39, 0.29) is 17.4 Å². The number of nitrogens with zero attached hydrogens (tertiary/aromatic N) is 2. The lowest BCUT2D eigenvalue weighted by molar-refractivity contribution is -0.124. The number of likely N-dealkylation sites (tertiary alicyclic amines) is 1. The first kappa shape index (κ1) is 15.6. The zero-order valence-electron chi connectivity index (χ0n) is 14.0. The van der Waals surface area contributed by atoms with Crippen LogP contribution >= 0.6 is 0 Å². The summed E-state index contributed by atoms with van der Waals surface area (Å²) in [7, 11) is 1.79. The fraction of sp³-hybridized carbons (Fsp3) is 0.316. The number of anilines is 1. The number of pyridine rings is 1. The van der Waals surface area contributed by atoms with Gasteiger partial charge in [-0.1, -0.05) is 18.2 Å². The number of amides is 2. The van der Waals surface area contributed by atoms with Gasteiger partial charge in [-0.15, -0.1) is 0 Å². The number of nitrogens with one attached hydrogen (secondary N) is 1. The Kier molecular flexibility index (Phi) is 3.49. The molecule has 0 saturated carbocycles. The normalized spacial score (nSPS) is 22.4. The molecule has 1 aromatic heterocycles. The van der Waals surface area contributed by atoms with Crippen LogP contribution in [0.2, 0.25) is 0 Å². The van der Waals surface area contributed by atoms with Gasteiger partial charge in [-0.25, -0.2) is 0 Å². The van der Waals surface area contributed by atoms with E-state index in [0.717, 1.165) is 24.1 Å². The lowest BCUT2D eigenvalue weighted by Gasteiger charge is -2.39. The van der Waals surface area contributed by atoms with E-state index in [2.05, 4.69) is 4.98 Å². The third-order valence-corrected chi connectivity index (χ3v) is 5.31. The number of aromatic nitrogens is 1. The Morgan fingerprint density at radius 2 is 1.96 bits per heavy atom. The van der Waals surface area contributed by atoms with E-state index in [0.29, 0.717) is 18.7 Å². The molecule has 128 valence electrons. The molecule has 0 aliphatic carbocycles. The van der Waals surface area contributed by atoms with Gasteiger partial charge in [-0.05, 0) is 30.5 Å². The van der Waals surface area contributed by atoms with E-state index in [1.165, 1.54) is 18.3 Å². The zero-order chi connectivity index (χ0) is 17.6. The van der Waals surface area contributed by atoms with Crippen molar-refractivity contribution in [2.24, 2.45) is 0 Å². The van der Waals surface area contributed by atoms with Crippen molar-refractivity contribution >= 4 is 17.5 Å². The predicted molar refractivity (Wildman–Crippen MR) is 93.7 cm³/mol. The Labute approximate surface area is 145 Å². The summed E-state index contributed by atoms with van der Waals surface area (Å²) in [6.45, 7) is 0.976. The standard InChI is InChI=1S/C19H19N3O3/c1-21-15-6-3-2-5-14(15)19(18(21)25)9-4-10-22(12-19)17(24)13-7-8-16(23)20-11-13/h2-3,5-8,11H,4,9-10,12H2,1H3,(H,20,23)/t19-/m1/s1. The van der Waals surface area contributed by atoms with Crippen molar-refractivity contribution in [2.45, 2.75) is 18.3 Å². The first-order valence-electron chi connectivity index (χ1n) is 8.39. The van der Waals surface area contributed by atoms with Gasteiger partial charge in [0.1, 0.15) is 0 Å². The molecule has 3 heterocycles. The topological polar surface area (TPSA) is 73.5 Å². The number of rotatable bonds is 1. The van der Waals surface area contributed by atoms with Crippen molar-refractivity contribution in [3.63, 3.8) is 0 Å². The van der Waals surface area contributed by atoms with Gasteiger partial charge < -0.3 is 14.8 Å². The lowest BCUT2D eigenvalue weighted by atomic mass is 9.75. The smallest absolute Gasteiger partial charge is 0.255 e. The molecule has 6 heteroatoms. The molecule has 2 aliphatic rings. The maximum Gasteiger partial charge on any atom is 0.255 e. The Hall–Kier alpha value is -2.89. The quantitative estimate of drug-likeness (QED) is 0.857. The molecule has 25 heavy (non-hydrogen) atoms. The summed E-state index contributed by atoms with van der Waals surface area (Å²) in [5, 5.41) is 0. The van der Waals surface area contributed by atoms with Crippen molar-refractivity contribution in [1.82, 2.24) is 9.88 Å². The van der Waals surface area contributed by atoms with E-state index < -0.39 is 5.41 Å². The van der Waals surface area contributed by atoms with Crippen LogP contribution in [0.1, 0.15) is 28.8 Å². The van der Waals surface area contributed by atoms with Crippen LogP contribution in [0.25, 0.3) is 0 Å². The first-order chi connectivity index (χ1) is 12.0. The van der Waals surface area contributed by atoms with Crippen molar-refractivity contribution < 1.29 is 9.59 Å². The molecule has 1 atom stereocenters. The number of piperidine rings is 1. The number of benzene rings is 1. The fourth-order valence-corrected chi connectivity index (χ4v) is 4.07. The molecule has 2 aliphatic heterocycles. The molecule has 1 aromatic carbocycles. The third-order valence-electron chi connectivity index (χ3n) is 5.31. The maximum absolute atomic E-state index is 13.0. The average molecular weight is 337 g/mol. The Balaban J connectivity index is 1.69. The highest BCUT2D eigenvalue weighted by Gasteiger charge is 2.52. The second-order valence-corrected chi connectivity index (χ2v) is 6.74. The van der Waals surface area contributed by atoms with Crippen molar-refractivity contribution in [3.05, 3.63) is 64.1 Å². The highest BCUT2D eigenvalue weighted by Crippen LogP contribution is 2.46. The molecule has 2 aromatic rings. The number of aromatic amines is 1. The highest BCUT2D eigenvalue weighted by molar-refractivity contribution is 6.08. The largest absolute Gasteiger partial charge is 0.337 e. The Morgan fingerprint density at radius 1 is 1.16 bits per heavy atom. The minimum atomic E-state index is -0.665. The molecule has 0 radical (unpaired) electrons. The summed E-state index contributed by atoms with van der Waals surface area (Å²) >= 11 is 0. The summed E-state index contributed by atoms with van der Waals surface area (Å²) in [5.74, 6) is -0.108. The van der Waals surface area contributed by atoms with Gasteiger partial charge >= 0.3 is 0 Å². The minimum absolute atomic E-state index is 0.0488. The number of H-pyrrole nitrogens is 1. The van der Waals surface area contributed by atoms with Crippen molar-refractivity contribution in [3.8, 4) is 0 Å². The lowest BCUT2D eigenvalue weighted by Crippen LogP contribution is -2.53. The van der Waals surface area contributed by atoms with Gasteiger partial charge in [0, 0.05) is 38.1 Å². The van der Waals surface area contributed by atoms with Gasteiger partial charge in [-0.2, -0.15) is 0 Å². The SMILES string of the molecule is CN1C(=O)[C@@]2(CCCN(C(=O)c3ccc(=O)[nH]c3)C2)c2ccccc21. The molecule has 6 nitrogen and oxygen atoms in total. The molecule has 1 fully saturated rings. The number of likely N-dealkylation sites (N-methyl/N-ethyl adjacent to an activating group) is 1.